The molecule has 0 radical (unpaired) electrons. The SMILES string of the molecule is C#CCC(CC)NCc1cn[nH]c1-c1cccnc1. The molecule has 4 nitrogen and oxygen atoms in total. The number of rotatable bonds is 6. The summed E-state index contributed by atoms with van der Waals surface area (Å²) >= 11 is 0. The van der Waals surface area contributed by atoms with Gasteiger partial charge >= 0.3 is 0 Å². The van der Waals surface area contributed by atoms with Crippen LogP contribution in [-0.4, -0.2) is 21.2 Å². The van der Waals surface area contributed by atoms with Crippen LogP contribution < -0.4 is 5.32 Å². The maximum atomic E-state index is 5.36. The topological polar surface area (TPSA) is 53.6 Å². The molecular formula is C15H18N4. The van der Waals surface area contributed by atoms with Crippen LogP contribution in [0.1, 0.15) is 25.3 Å². The molecule has 4 heteroatoms. The van der Waals surface area contributed by atoms with Crippen LogP contribution in [0.15, 0.2) is 30.7 Å². The molecule has 2 N–H and O–H groups in total. The molecule has 0 spiro atoms. The Morgan fingerprint density at radius 1 is 1.47 bits per heavy atom. The van der Waals surface area contributed by atoms with E-state index in [1.54, 1.807) is 6.20 Å². The third-order valence-corrected chi connectivity index (χ3v) is 3.11. The number of aromatic nitrogens is 3. The Morgan fingerprint density at radius 2 is 2.37 bits per heavy atom. The lowest BCUT2D eigenvalue weighted by atomic mass is 10.1. The zero-order valence-electron chi connectivity index (χ0n) is 11.1. The highest BCUT2D eigenvalue weighted by molar-refractivity contribution is 5.61. The van der Waals surface area contributed by atoms with Gasteiger partial charge in [0.2, 0.25) is 0 Å². The van der Waals surface area contributed by atoms with Crippen LogP contribution in [-0.2, 0) is 6.54 Å². The van der Waals surface area contributed by atoms with Gasteiger partial charge in [0, 0.05) is 42.5 Å². The molecule has 2 rings (SSSR count). The number of aromatic amines is 1. The lowest BCUT2D eigenvalue weighted by molar-refractivity contribution is 0.507. The molecular weight excluding hydrogens is 236 g/mol. The van der Waals surface area contributed by atoms with E-state index in [9.17, 15) is 0 Å². The van der Waals surface area contributed by atoms with Crippen molar-refractivity contribution in [2.75, 3.05) is 0 Å². The molecule has 0 aliphatic rings. The zero-order valence-corrected chi connectivity index (χ0v) is 11.1. The van der Waals surface area contributed by atoms with Crippen LogP contribution >= 0.6 is 0 Å². The fraction of sp³-hybridized carbons (Fsp3) is 0.333. The van der Waals surface area contributed by atoms with Crippen molar-refractivity contribution in [1.82, 2.24) is 20.5 Å². The average molecular weight is 254 g/mol. The molecule has 0 aromatic carbocycles. The molecule has 2 heterocycles. The normalized spacial score (nSPS) is 12.0. The molecule has 0 amide bonds. The second-order valence-corrected chi connectivity index (χ2v) is 4.41. The van der Waals surface area contributed by atoms with Crippen LogP contribution in [0.3, 0.4) is 0 Å². The van der Waals surface area contributed by atoms with Gasteiger partial charge in [-0.05, 0) is 18.6 Å². The number of nitrogens with one attached hydrogen (secondary N) is 2. The molecule has 0 bridgehead atoms. The highest BCUT2D eigenvalue weighted by Crippen LogP contribution is 2.19. The number of terminal acetylenes is 1. The van der Waals surface area contributed by atoms with Crippen molar-refractivity contribution in [3.05, 3.63) is 36.3 Å². The van der Waals surface area contributed by atoms with Gasteiger partial charge < -0.3 is 5.32 Å². The van der Waals surface area contributed by atoms with E-state index >= 15 is 0 Å². The van der Waals surface area contributed by atoms with E-state index < -0.39 is 0 Å². The summed E-state index contributed by atoms with van der Waals surface area (Å²) in [5.41, 5.74) is 3.18. The number of nitrogens with zero attached hydrogens (tertiary/aromatic N) is 2. The fourth-order valence-electron chi connectivity index (χ4n) is 1.96. The molecule has 98 valence electrons. The Kier molecular flexibility index (Phi) is 4.71. The summed E-state index contributed by atoms with van der Waals surface area (Å²) in [5, 5.41) is 10.6. The van der Waals surface area contributed by atoms with Gasteiger partial charge in [-0.3, -0.25) is 10.1 Å². The molecule has 1 unspecified atom stereocenters. The van der Waals surface area contributed by atoms with Gasteiger partial charge in [0.05, 0.1) is 11.9 Å². The summed E-state index contributed by atoms with van der Waals surface area (Å²) in [6.07, 6.45) is 12.6. The van der Waals surface area contributed by atoms with Crippen molar-refractivity contribution >= 4 is 0 Å². The summed E-state index contributed by atoms with van der Waals surface area (Å²) in [5.74, 6) is 2.70. The van der Waals surface area contributed by atoms with E-state index in [4.69, 9.17) is 6.42 Å². The number of H-pyrrole nitrogens is 1. The standard InChI is InChI=1S/C15H18N4/c1-3-6-14(4-2)17-10-13-11-18-19-15(13)12-7-5-8-16-9-12/h1,5,7-9,11,14,17H,4,6,10H2,2H3,(H,18,19). The Balaban J connectivity index is 2.07. The van der Waals surface area contributed by atoms with Crippen molar-refractivity contribution in [1.29, 1.82) is 0 Å². The maximum absolute atomic E-state index is 5.36. The van der Waals surface area contributed by atoms with Crippen molar-refractivity contribution in [2.24, 2.45) is 0 Å². The van der Waals surface area contributed by atoms with Crippen LogP contribution in [0.2, 0.25) is 0 Å². The first kappa shape index (κ1) is 13.3. The highest BCUT2D eigenvalue weighted by atomic mass is 15.1. The minimum absolute atomic E-state index is 0.349. The molecule has 0 saturated carbocycles. The van der Waals surface area contributed by atoms with Gasteiger partial charge in [0.1, 0.15) is 0 Å². The third-order valence-electron chi connectivity index (χ3n) is 3.11. The van der Waals surface area contributed by atoms with Gasteiger partial charge in [0.25, 0.3) is 0 Å². The lowest BCUT2D eigenvalue weighted by Crippen LogP contribution is -2.27. The first-order valence-corrected chi connectivity index (χ1v) is 6.44. The Labute approximate surface area is 113 Å². The Bertz CT molecular complexity index is 539. The predicted molar refractivity (Wildman–Crippen MR) is 76.2 cm³/mol. The highest BCUT2D eigenvalue weighted by Gasteiger charge is 2.09. The number of hydrogen-bond acceptors (Lipinski definition) is 3. The molecule has 0 aliphatic carbocycles. The fourth-order valence-corrected chi connectivity index (χ4v) is 1.96. The molecule has 1 atom stereocenters. The average Bonchev–Trinajstić information content (AvgIpc) is 2.93. The maximum Gasteiger partial charge on any atom is 0.0710 e. The van der Waals surface area contributed by atoms with E-state index in [-0.39, 0.29) is 0 Å². The van der Waals surface area contributed by atoms with Gasteiger partial charge in [-0.25, -0.2) is 0 Å². The van der Waals surface area contributed by atoms with E-state index in [0.29, 0.717) is 6.04 Å². The molecule has 2 aromatic heterocycles. The Morgan fingerprint density at radius 3 is 3.05 bits per heavy atom. The summed E-state index contributed by atoms with van der Waals surface area (Å²) in [6, 6.07) is 4.28. The van der Waals surface area contributed by atoms with E-state index in [1.165, 1.54) is 0 Å². The quantitative estimate of drug-likeness (QED) is 0.778. The minimum atomic E-state index is 0.349. The van der Waals surface area contributed by atoms with Gasteiger partial charge in [-0.2, -0.15) is 5.10 Å². The monoisotopic (exact) mass is 254 g/mol. The van der Waals surface area contributed by atoms with Gasteiger partial charge in [-0.15, -0.1) is 12.3 Å². The molecule has 2 aromatic rings. The molecule has 0 aliphatic heterocycles. The van der Waals surface area contributed by atoms with Crippen molar-refractivity contribution in [3.63, 3.8) is 0 Å². The first-order chi connectivity index (χ1) is 9.35. The van der Waals surface area contributed by atoms with E-state index in [1.807, 2.05) is 24.5 Å². The smallest absolute Gasteiger partial charge is 0.0710 e. The Hall–Kier alpha value is -2.12. The summed E-state index contributed by atoms with van der Waals surface area (Å²) in [7, 11) is 0. The first-order valence-electron chi connectivity index (χ1n) is 6.44. The van der Waals surface area contributed by atoms with Crippen molar-refractivity contribution in [3.8, 4) is 23.6 Å². The lowest BCUT2D eigenvalue weighted by Gasteiger charge is -2.14. The van der Waals surface area contributed by atoms with Gasteiger partial charge in [0.15, 0.2) is 0 Å². The summed E-state index contributed by atoms with van der Waals surface area (Å²) in [4.78, 5) is 4.13. The second kappa shape index (κ2) is 6.72. The molecule has 19 heavy (non-hydrogen) atoms. The third kappa shape index (κ3) is 3.43. The minimum Gasteiger partial charge on any atom is -0.309 e. The molecule has 0 fully saturated rings. The largest absolute Gasteiger partial charge is 0.309 e. The number of hydrogen-bond donors (Lipinski definition) is 2. The molecule has 0 saturated heterocycles. The van der Waals surface area contributed by atoms with Crippen molar-refractivity contribution < 1.29 is 0 Å². The predicted octanol–water partition coefficient (Wildman–Crippen LogP) is 2.36. The van der Waals surface area contributed by atoms with Crippen LogP contribution in [0.5, 0.6) is 0 Å². The van der Waals surface area contributed by atoms with E-state index in [0.717, 1.165) is 36.2 Å². The zero-order chi connectivity index (χ0) is 13.5. The summed E-state index contributed by atoms with van der Waals surface area (Å²) in [6.45, 7) is 2.88. The number of pyridine rings is 1. The van der Waals surface area contributed by atoms with Crippen LogP contribution in [0.4, 0.5) is 0 Å². The van der Waals surface area contributed by atoms with Crippen LogP contribution in [0.25, 0.3) is 11.3 Å². The summed E-state index contributed by atoms with van der Waals surface area (Å²) < 4.78 is 0. The van der Waals surface area contributed by atoms with Gasteiger partial charge in [-0.1, -0.05) is 6.92 Å². The van der Waals surface area contributed by atoms with Crippen LogP contribution in [0, 0.1) is 12.3 Å². The van der Waals surface area contributed by atoms with Crippen molar-refractivity contribution in [2.45, 2.75) is 32.4 Å². The second-order valence-electron chi connectivity index (χ2n) is 4.41. The van der Waals surface area contributed by atoms with E-state index in [2.05, 4.69) is 33.3 Å².